The molecule has 1 unspecified atom stereocenters. The maximum absolute atomic E-state index is 10.6. The lowest BCUT2D eigenvalue weighted by molar-refractivity contribution is -0.117. The number of carbonyl (C=O) groups is 1. The van der Waals surface area contributed by atoms with Gasteiger partial charge in [0.25, 0.3) is 0 Å². The van der Waals surface area contributed by atoms with Crippen LogP contribution in [0.5, 0.6) is 0 Å². The number of nitrogens with one attached hydrogen (secondary N) is 1. The van der Waals surface area contributed by atoms with Gasteiger partial charge in [-0.15, -0.1) is 0 Å². The van der Waals surface area contributed by atoms with Gasteiger partial charge in [-0.05, 0) is 5.87 Å². The van der Waals surface area contributed by atoms with Crippen molar-refractivity contribution >= 4 is 21.5 Å². The SMILES string of the molecule is C=S(C)(=O)NC(C)=O. The lowest BCUT2D eigenvalue weighted by Crippen LogP contribution is -2.26. The second-order valence-electron chi connectivity index (χ2n) is 1.66. The molecule has 1 N–H and O–H groups in total. The van der Waals surface area contributed by atoms with Crippen LogP contribution in [-0.2, 0) is 14.5 Å². The highest BCUT2D eigenvalue weighted by Crippen LogP contribution is 1.70. The van der Waals surface area contributed by atoms with Crippen molar-refractivity contribution in [1.29, 1.82) is 0 Å². The van der Waals surface area contributed by atoms with Gasteiger partial charge in [-0.2, -0.15) is 0 Å². The summed E-state index contributed by atoms with van der Waals surface area (Å²) >= 11 is 0. The van der Waals surface area contributed by atoms with Crippen LogP contribution in [0.4, 0.5) is 0 Å². The van der Waals surface area contributed by atoms with Gasteiger partial charge in [0.2, 0.25) is 5.91 Å². The Balaban J connectivity index is 3.95. The Bertz CT molecular complexity index is 180. The van der Waals surface area contributed by atoms with E-state index in [2.05, 4.69) is 10.6 Å². The van der Waals surface area contributed by atoms with Crippen molar-refractivity contribution in [1.82, 2.24) is 4.72 Å². The number of hydrogen-bond donors (Lipinski definition) is 1. The number of amides is 1. The molecule has 0 aliphatic carbocycles. The van der Waals surface area contributed by atoms with Gasteiger partial charge in [0, 0.05) is 22.9 Å². The highest BCUT2D eigenvalue weighted by atomic mass is 32.2. The molecule has 8 heavy (non-hydrogen) atoms. The fraction of sp³-hybridized carbons (Fsp3) is 0.500. The Kier molecular flexibility index (Phi) is 2.03. The molecule has 0 rings (SSSR count). The maximum atomic E-state index is 10.6. The summed E-state index contributed by atoms with van der Waals surface area (Å²) in [6.45, 7) is 1.30. The summed E-state index contributed by atoms with van der Waals surface area (Å²) in [6, 6.07) is 0. The first kappa shape index (κ1) is 7.49. The Morgan fingerprint density at radius 2 is 2.12 bits per heavy atom. The molecule has 0 aromatic heterocycles. The lowest BCUT2D eigenvalue weighted by atomic mass is 10.8. The number of rotatable bonds is 1. The molecule has 0 bridgehead atoms. The van der Waals surface area contributed by atoms with E-state index in [-0.39, 0.29) is 5.91 Å². The summed E-state index contributed by atoms with van der Waals surface area (Å²) in [5.41, 5.74) is 0. The van der Waals surface area contributed by atoms with Crippen molar-refractivity contribution in [3.05, 3.63) is 0 Å². The van der Waals surface area contributed by atoms with Crippen molar-refractivity contribution < 1.29 is 9.00 Å². The molecule has 1 amide bonds. The standard InChI is InChI=1S/C4H9NO2S/c1-4(6)5-8(2,3)7/h2H2,1,3H3,(H,5,6,7). The minimum Gasteiger partial charge on any atom is -0.284 e. The largest absolute Gasteiger partial charge is 0.284 e. The Labute approximate surface area is 49.2 Å². The van der Waals surface area contributed by atoms with E-state index in [1.54, 1.807) is 0 Å². The third-order valence-corrected chi connectivity index (χ3v) is 1.08. The highest BCUT2D eigenvalue weighted by Gasteiger charge is 1.93. The predicted molar refractivity (Wildman–Crippen MR) is 35.0 cm³/mol. The minimum absolute atomic E-state index is 0.312. The first-order valence-corrected chi connectivity index (χ1v) is 4.16. The van der Waals surface area contributed by atoms with Gasteiger partial charge in [0.15, 0.2) is 0 Å². The quantitative estimate of drug-likeness (QED) is 0.487. The van der Waals surface area contributed by atoms with Crippen LogP contribution in [0.1, 0.15) is 6.92 Å². The van der Waals surface area contributed by atoms with Gasteiger partial charge in [-0.25, -0.2) is 4.21 Å². The fourth-order valence-electron chi connectivity index (χ4n) is 0.304. The zero-order chi connectivity index (χ0) is 6.78. The Morgan fingerprint density at radius 1 is 1.75 bits per heavy atom. The van der Waals surface area contributed by atoms with Crippen molar-refractivity contribution in [2.75, 3.05) is 6.26 Å². The van der Waals surface area contributed by atoms with Gasteiger partial charge < -0.3 is 0 Å². The average molecular weight is 135 g/mol. The fourth-order valence-corrected chi connectivity index (χ4v) is 0.912. The molecule has 0 saturated heterocycles. The van der Waals surface area contributed by atoms with Crippen LogP contribution in [0.3, 0.4) is 0 Å². The zero-order valence-corrected chi connectivity index (χ0v) is 5.75. The molecule has 0 aliphatic heterocycles. The van der Waals surface area contributed by atoms with Crippen molar-refractivity contribution in [2.24, 2.45) is 0 Å². The molecule has 0 aliphatic rings. The monoisotopic (exact) mass is 135 g/mol. The van der Waals surface area contributed by atoms with Gasteiger partial charge in [-0.3, -0.25) is 9.52 Å². The summed E-state index contributed by atoms with van der Waals surface area (Å²) in [7, 11) is -2.32. The Morgan fingerprint density at radius 3 is 2.12 bits per heavy atom. The summed E-state index contributed by atoms with van der Waals surface area (Å²) in [5, 5.41) is 0. The summed E-state index contributed by atoms with van der Waals surface area (Å²) < 4.78 is 12.7. The lowest BCUT2D eigenvalue weighted by Gasteiger charge is -1.99. The maximum Gasteiger partial charge on any atom is 0.228 e. The molecule has 48 valence electrons. The van der Waals surface area contributed by atoms with E-state index < -0.39 is 9.71 Å². The van der Waals surface area contributed by atoms with E-state index >= 15 is 0 Å². The van der Waals surface area contributed by atoms with E-state index in [0.29, 0.717) is 0 Å². The normalized spacial score (nSPS) is 16.8. The van der Waals surface area contributed by atoms with Gasteiger partial charge in [0.1, 0.15) is 0 Å². The minimum atomic E-state index is -2.32. The topological polar surface area (TPSA) is 46.2 Å². The van der Waals surface area contributed by atoms with E-state index in [9.17, 15) is 9.00 Å². The van der Waals surface area contributed by atoms with Gasteiger partial charge >= 0.3 is 0 Å². The van der Waals surface area contributed by atoms with Crippen LogP contribution in [0.2, 0.25) is 0 Å². The molecule has 4 heteroatoms. The number of hydrogen-bond acceptors (Lipinski definition) is 2. The third kappa shape index (κ3) is 5.49. The van der Waals surface area contributed by atoms with Gasteiger partial charge in [0.05, 0.1) is 0 Å². The third-order valence-electron chi connectivity index (χ3n) is 0.360. The van der Waals surface area contributed by atoms with Crippen LogP contribution in [-0.4, -0.2) is 22.2 Å². The van der Waals surface area contributed by atoms with Crippen molar-refractivity contribution in [2.45, 2.75) is 6.92 Å². The molecule has 0 saturated carbocycles. The summed E-state index contributed by atoms with van der Waals surface area (Å²) in [5.74, 6) is 2.89. The van der Waals surface area contributed by atoms with Gasteiger partial charge in [-0.1, -0.05) is 0 Å². The van der Waals surface area contributed by atoms with Crippen LogP contribution < -0.4 is 4.72 Å². The average Bonchev–Trinajstić information content (AvgIpc) is 1.21. The molecule has 0 spiro atoms. The van der Waals surface area contributed by atoms with E-state index in [1.165, 1.54) is 13.2 Å². The molecule has 0 aromatic rings. The molecule has 0 aromatic carbocycles. The van der Waals surface area contributed by atoms with E-state index in [1.807, 2.05) is 0 Å². The second kappa shape index (κ2) is 2.17. The Hall–Kier alpha value is -0.510. The van der Waals surface area contributed by atoms with Crippen LogP contribution >= 0.6 is 0 Å². The summed E-state index contributed by atoms with van der Waals surface area (Å²) in [4.78, 5) is 10.1. The smallest absolute Gasteiger partial charge is 0.228 e. The van der Waals surface area contributed by atoms with Crippen LogP contribution in [0, 0.1) is 0 Å². The predicted octanol–water partition coefficient (Wildman–Crippen LogP) is -0.616. The number of carbonyl (C=O) groups excluding carboxylic acids is 1. The molecular weight excluding hydrogens is 126 g/mol. The first-order chi connectivity index (χ1) is 3.42. The van der Waals surface area contributed by atoms with Crippen LogP contribution in [0.15, 0.2) is 0 Å². The molecular formula is C4H9NO2S. The molecule has 0 fully saturated rings. The highest BCUT2D eigenvalue weighted by molar-refractivity contribution is 7.98. The van der Waals surface area contributed by atoms with Crippen LogP contribution in [0.25, 0.3) is 0 Å². The molecule has 1 atom stereocenters. The molecule has 3 nitrogen and oxygen atoms in total. The zero-order valence-electron chi connectivity index (χ0n) is 4.93. The van der Waals surface area contributed by atoms with Crippen molar-refractivity contribution in [3.8, 4) is 0 Å². The summed E-state index contributed by atoms with van der Waals surface area (Å²) in [6.07, 6.45) is 1.37. The van der Waals surface area contributed by atoms with E-state index in [4.69, 9.17) is 0 Å². The molecule has 0 heterocycles. The van der Waals surface area contributed by atoms with E-state index in [0.717, 1.165) is 0 Å². The van der Waals surface area contributed by atoms with Crippen molar-refractivity contribution in [3.63, 3.8) is 0 Å². The second-order valence-corrected chi connectivity index (χ2v) is 3.88. The first-order valence-electron chi connectivity index (χ1n) is 2.02. The molecule has 0 radical (unpaired) electrons.